The fourth-order valence-corrected chi connectivity index (χ4v) is 2.66. The first kappa shape index (κ1) is 17.5. The molecule has 0 saturated carbocycles. The van der Waals surface area contributed by atoms with Crippen LogP contribution in [0.2, 0.25) is 0 Å². The van der Waals surface area contributed by atoms with Gasteiger partial charge in [-0.2, -0.15) is 0 Å². The minimum Gasteiger partial charge on any atom is -0.482 e. The molecule has 2 rings (SSSR count). The van der Waals surface area contributed by atoms with Gasteiger partial charge in [0.15, 0.2) is 6.61 Å². The van der Waals surface area contributed by atoms with Gasteiger partial charge in [0.1, 0.15) is 5.75 Å². The molecule has 0 aliphatic carbocycles. The molecule has 5 nitrogen and oxygen atoms in total. The van der Waals surface area contributed by atoms with Crippen molar-refractivity contribution in [3.63, 3.8) is 0 Å². The maximum absolute atomic E-state index is 12.3. The number of ether oxygens (including phenoxy) is 1. The van der Waals surface area contributed by atoms with Gasteiger partial charge in [-0.15, -0.1) is 0 Å². The van der Waals surface area contributed by atoms with E-state index in [4.69, 9.17) is 9.84 Å². The van der Waals surface area contributed by atoms with E-state index in [9.17, 15) is 9.59 Å². The van der Waals surface area contributed by atoms with Crippen LogP contribution in [0.5, 0.6) is 5.75 Å². The normalized spacial score (nSPS) is 10.3. The molecular weight excluding hydrogens is 306 g/mol. The summed E-state index contributed by atoms with van der Waals surface area (Å²) in [5.41, 5.74) is 4.97. The first-order chi connectivity index (χ1) is 11.3. The number of rotatable bonds is 6. The van der Waals surface area contributed by atoms with Crippen molar-refractivity contribution in [3.8, 4) is 5.75 Å². The Morgan fingerprint density at radius 3 is 2.38 bits per heavy atom. The van der Waals surface area contributed by atoms with Crippen LogP contribution in [0.4, 0.5) is 5.69 Å². The maximum Gasteiger partial charge on any atom is 0.341 e. The van der Waals surface area contributed by atoms with E-state index in [-0.39, 0.29) is 12.3 Å². The molecule has 0 aliphatic rings. The molecule has 0 heterocycles. The first-order valence-electron chi connectivity index (χ1n) is 7.66. The van der Waals surface area contributed by atoms with Crippen LogP contribution in [0.15, 0.2) is 36.4 Å². The second kappa shape index (κ2) is 7.64. The summed E-state index contributed by atoms with van der Waals surface area (Å²) in [5, 5.41) is 11.5. The predicted molar refractivity (Wildman–Crippen MR) is 92.6 cm³/mol. The smallest absolute Gasteiger partial charge is 0.341 e. The van der Waals surface area contributed by atoms with Crippen LogP contribution in [0.1, 0.15) is 22.3 Å². The van der Waals surface area contributed by atoms with Crippen LogP contribution < -0.4 is 10.1 Å². The second-order valence-corrected chi connectivity index (χ2v) is 5.81. The molecule has 126 valence electrons. The molecule has 2 N–H and O–H groups in total. The SMILES string of the molecule is Cc1cc(C)c(CC(=O)Nc2cccc(OCC(=O)O)c2)c(C)c1. The molecule has 0 fully saturated rings. The van der Waals surface area contributed by atoms with Crippen molar-refractivity contribution < 1.29 is 19.4 Å². The number of carbonyl (C=O) groups is 2. The summed E-state index contributed by atoms with van der Waals surface area (Å²) in [6.45, 7) is 5.62. The lowest BCUT2D eigenvalue weighted by Crippen LogP contribution is -2.16. The third-order valence-electron chi connectivity index (χ3n) is 3.66. The monoisotopic (exact) mass is 327 g/mol. The molecule has 2 aromatic rings. The highest BCUT2D eigenvalue weighted by Crippen LogP contribution is 2.20. The summed E-state index contributed by atoms with van der Waals surface area (Å²) >= 11 is 0. The molecule has 24 heavy (non-hydrogen) atoms. The zero-order valence-electron chi connectivity index (χ0n) is 14.1. The van der Waals surface area contributed by atoms with Crippen LogP contribution >= 0.6 is 0 Å². The van der Waals surface area contributed by atoms with Gasteiger partial charge in [0.25, 0.3) is 0 Å². The third kappa shape index (κ3) is 4.84. The summed E-state index contributed by atoms with van der Waals surface area (Å²) in [4.78, 5) is 22.8. The van der Waals surface area contributed by atoms with Gasteiger partial charge in [-0.1, -0.05) is 23.8 Å². The lowest BCUT2D eigenvalue weighted by atomic mass is 9.97. The first-order valence-corrected chi connectivity index (χ1v) is 7.66. The summed E-state index contributed by atoms with van der Waals surface area (Å²) in [6.07, 6.45) is 0.290. The summed E-state index contributed by atoms with van der Waals surface area (Å²) < 4.78 is 5.11. The molecule has 0 atom stereocenters. The molecule has 0 unspecified atom stereocenters. The Morgan fingerprint density at radius 1 is 1.08 bits per heavy atom. The van der Waals surface area contributed by atoms with E-state index in [1.54, 1.807) is 24.3 Å². The van der Waals surface area contributed by atoms with E-state index in [0.717, 1.165) is 16.7 Å². The Hall–Kier alpha value is -2.82. The Bertz CT molecular complexity index is 745. The van der Waals surface area contributed by atoms with E-state index >= 15 is 0 Å². The van der Waals surface area contributed by atoms with Crippen molar-refractivity contribution in [1.82, 2.24) is 0 Å². The number of carbonyl (C=O) groups excluding carboxylic acids is 1. The number of hydrogen-bond acceptors (Lipinski definition) is 3. The standard InChI is InChI=1S/C19H21NO4/c1-12-7-13(2)17(14(3)8-12)10-18(21)20-15-5-4-6-16(9-15)24-11-19(22)23/h4-9H,10-11H2,1-3H3,(H,20,21)(H,22,23). The van der Waals surface area contributed by atoms with Gasteiger partial charge in [-0.3, -0.25) is 4.79 Å². The van der Waals surface area contributed by atoms with Gasteiger partial charge in [0.05, 0.1) is 6.42 Å². The van der Waals surface area contributed by atoms with Gasteiger partial charge in [-0.25, -0.2) is 4.79 Å². The third-order valence-corrected chi connectivity index (χ3v) is 3.66. The van der Waals surface area contributed by atoms with E-state index < -0.39 is 12.6 Å². The Labute approximate surface area is 141 Å². The molecule has 0 bridgehead atoms. The number of benzene rings is 2. The molecule has 0 aromatic heterocycles. The number of aryl methyl sites for hydroxylation is 3. The minimum atomic E-state index is -1.05. The van der Waals surface area contributed by atoms with Crippen LogP contribution in [0, 0.1) is 20.8 Å². The van der Waals surface area contributed by atoms with Gasteiger partial charge < -0.3 is 15.2 Å². The van der Waals surface area contributed by atoms with Crippen molar-refractivity contribution >= 4 is 17.6 Å². The quantitative estimate of drug-likeness (QED) is 0.854. The van der Waals surface area contributed by atoms with Crippen LogP contribution in [0.3, 0.4) is 0 Å². The number of carboxylic acid groups (broad SMARTS) is 1. The van der Waals surface area contributed by atoms with Gasteiger partial charge in [-0.05, 0) is 49.6 Å². The van der Waals surface area contributed by atoms with Crippen molar-refractivity contribution in [3.05, 3.63) is 58.7 Å². The highest BCUT2D eigenvalue weighted by Gasteiger charge is 2.10. The van der Waals surface area contributed by atoms with Gasteiger partial charge in [0, 0.05) is 11.8 Å². The Morgan fingerprint density at radius 2 is 1.75 bits per heavy atom. The number of hydrogen-bond donors (Lipinski definition) is 2. The molecule has 0 spiro atoms. The number of carboxylic acids is 1. The number of aliphatic carboxylic acids is 1. The predicted octanol–water partition coefficient (Wildman–Crippen LogP) is 3.26. The maximum atomic E-state index is 12.3. The Balaban J connectivity index is 2.05. The summed E-state index contributed by atoms with van der Waals surface area (Å²) in [6, 6.07) is 10.8. The average molecular weight is 327 g/mol. The van der Waals surface area contributed by atoms with Crippen molar-refractivity contribution in [2.45, 2.75) is 27.2 Å². The summed E-state index contributed by atoms with van der Waals surface area (Å²) in [7, 11) is 0. The zero-order chi connectivity index (χ0) is 17.7. The topological polar surface area (TPSA) is 75.6 Å². The van der Waals surface area contributed by atoms with Crippen molar-refractivity contribution in [2.24, 2.45) is 0 Å². The molecule has 0 aliphatic heterocycles. The summed E-state index contributed by atoms with van der Waals surface area (Å²) in [5.74, 6) is -0.770. The number of amides is 1. The second-order valence-electron chi connectivity index (χ2n) is 5.81. The molecular formula is C19H21NO4. The van der Waals surface area contributed by atoms with E-state index in [0.29, 0.717) is 11.4 Å². The van der Waals surface area contributed by atoms with Crippen LogP contribution in [-0.4, -0.2) is 23.6 Å². The van der Waals surface area contributed by atoms with E-state index in [1.807, 2.05) is 20.8 Å². The van der Waals surface area contributed by atoms with Gasteiger partial charge >= 0.3 is 5.97 Å². The largest absolute Gasteiger partial charge is 0.482 e. The highest BCUT2D eigenvalue weighted by molar-refractivity contribution is 5.92. The van der Waals surface area contributed by atoms with Crippen molar-refractivity contribution in [1.29, 1.82) is 0 Å². The molecule has 0 radical (unpaired) electrons. The van der Waals surface area contributed by atoms with Crippen LogP contribution in [-0.2, 0) is 16.0 Å². The lowest BCUT2D eigenvalue weighted by Gasteiger charge is -2.12. The molecule has 2 aromatic carbocycles. The van der Waals surface area contributed by atoms with Crippen molar-refractivity contribution in [2.75, 3.05) is 11.9 Å². The van der Waals surface area contributed by atoms with E-state index in [2.05, 4.69) is 17.4 Å². The number of nitrogens with one attached hydrogen (secondary N) is 1. The minimum absolute atomic E-state index is 0.125. The van der Waals surface area contributed by atoms with Gasteiger partial charge in [0.2, 0.25) is 5.91 Å². The lowest BCUT2D eigenvalue weighted by molar-refractivity contribution is -0.139. The average Bonchev–Trinajstić information content (AvgIpc) is 2.49. The Kier molecular flexibility index (Phi) is 5.58. The highest BCUT2D eigenvalue weighted by atomic mass is 16.5. The fourth-order valence-electron chi connectivity index (χ4n) is 2.66. The fraction of sp³-hybridized carbons (Fsp3) is 0.263. The number of anilines is 1. The zero-order valence-corrected chi connectivity index (χ0v) is 14.1. The van der Waals surface area contributed by atoms with E-state index in [1.165, 1.54) is 5.56 Å². The molecule has 5 heteroatoms. The molecule has 1 amide bonds. The van der Waals surface area contributed by atoms with Crippen LogP contribution in [0.25, 0.3) is 0 Å². The molecule has 0 saturated heterocycles.